The van der Waals surface area contributed by atoms with Crippen molar-refractivity contribution in [3.8, 4) is 0 Å². The lowest BCUT2D eigenvalue weighted by molar-refractivity contribution is 0.103. The highest BCUT2D eigenvalue weighted by Gasteiger charge is 2.17. The largest absolute Gasteiger partial charge is 0.288 e. The third-order valence-electron chi connectivity index (χ3n) is 2.35. The molecule has 0 saturated heterocycles. The van der Waals surface area contributed by atoms with Gasteiger partial charge in [-0.3, -0.25) is 4.79 Å². The molecule has 0 heterocycles. The molecule has 0 atom stereocenters. The van der Waals surface area contributed by atoms with Gasteiger partial charge in [-0.1, -0.05) is 27.5 Å². The fourth-order valence-corrected chi connectivity index (χ4v) is 2.59. The van der Waals surface area contributed by atoms with Crippen LogP contribution in [-0.2, 0) is 0 Å². The Kier molecular flexibility index (Phi) is 4.40. The SMILES string of the molecule is O=C(c1ccc(Cl)cc1F)c1cc(Br)ccc1I. The van der Waals surface area contributed by atoms with Gasteiger partial charge in [-0.05, 0) is 59.0 Å². The summed E-state index contributed by atoms with van der Waals surface area (Å²) in [5, 5.41) is 0.271. The van der Waals surface area contributed by atoms with Crippen LogP contribution in [0.1, 0.15) is 15.9 Å². The molecule has 2 rings (SSSR count). The second-order valence-electron chi connectivity index (χ2n) is 3.58. The Labute approximate surface area is 131 Å². The maximum absolute atomic E-state index is 13.7. The van der Waals surface area contributed by atoms with Gasteiger partial charge in [0.1, 0.15) is 5.82 Å². The van der Waals surface area contributed by atoms with Crippen molar-refractivity contribution >= 4 is 55.9 Å². The normalized spacial score (nSPS) is 10.4. The molecule has 0 N–H and O–H groups in total. The van der Waals surface area contributed by atoms with Gasteiger partial charge in [-0.25, -0.2) is 4.39 Å². The number of hydrogen-bond donors (Lipinski definition) is 0. The smallest absolute Gasteiger partial charge is 0.197 e. The van der Waals surface area contributed by atoms with Crippen LogP contribution in [0.2, 0.25) is 5.02 Å². The van der Waals surface area contributed by atoms with E-state index >= 15 is 0 Å². The molecule has 18 heavy (non-hydrogen) atoms. The van der Waals surface area contributed by atoms with Crippen LogP contribution in [-0.4, -0.2) is 5.78 Å². The third kappa shape index (κ3) is 2.92. The molecule has 0 aliphatic carbocycles. The maximum Gasteiger partial charge on any atom is 0.197 e. The first-order valence-electron chi connectivity index (χ1n) is 4.94. The monoisotopic (exact) mass is 438 g/mol. The van der Waals surface area contributed by atoms with E-state index in [0.29, 0.717) is 5.56 Å². The number of rotatable bonds is 2. The molecule has 5 heteroatoms. The number of ketones is 1. The number of halogens is 4. The highest BCUT2D eigenvalue weighted by molar-refractivity contribution is 14.1. The molecular weight excluding hydrogens is 433 g/mol. The minimum absolute atomic E-state index is 0.0235. The highest BCUT2D eigenvalue weighted by atomic mass is 127. The molecule has 0 aromatic heterocycles. The van der Waals surface area contributed by atoms with E-state index in [0.717, 1.165) is 14.1 Å². The molecule has 0 aliphatic heterocycles. The summed E-state index contributed by atoms with van der Waals surface area (Å²) < 4.78 is 15.3. The summed E-state index contributed by atoms with van der Waals surface area (Å²) in [4.78, 5) is 12.2. The summed E-state index contributed by atoms with van der Waals surface area (Å²) in [5.74, 6) is -0.960. The lowest BCUT2D eigenvalue weighted by atomic mass is 10.0. The van der Waals surface area contributed by atoms with Crippen LogP contribution in [0.5, 0.6) is 0 Å². The molecule has 0 spiro atoms. The second-order valence-corrected chi connectivity index (χ2v) is 6.09. The molecule has 0 aliphatic rings. The van der Waals surface area contributed by atoms with Crippen molar-refractivity contribution in [2.24, 2.45) is 0 Å². The second kappa shape index (κ2) is 5.67. The van der Waals surface area contributed by atoms with Crippen LogP contribution in [0.15, 0.2) is 40.9 Å². The molecule has 0 radical (unpaired) electrons. The predicted octanol–water partition coefficient (Wildman–Crippen LogP) is 5.08. The Balaban J connectivity index is 2.51. The third-order valence-corrected chi connectivity index (χ3v) is 4.02. The highest BCUT2D eigenvalue weighted by Crippen LogP contribution is 2.23. The molecule has 0 amide bonds. The lowest BCUT2D eigenvalue weighted by Crippen LogP contribution is -2.06. The average molecular weight is 439 g/mol. The van der Waals surface area contributed by atoms with Gasteiger partial charge in [0.05, 0.1) is 5.56 Å². The van der Waals surface area contributed by atoms with Crippen LogP contribution >= 0.6 is 50.1 Å². The zero-order valence-corrected chi connectivity index (χ0v) is 13.4. The van der Waals surface area contributed by atoms with Gasteiger partial charge in [-0.2, -0.15) is 0 Å². The fraction of sp³-hybridized carbons (Fsp3) is 0. The standard InChI is InChI=1S/C13H6BrClFIO/c14-7-1-4-12(17)10(5-7)13(18)9-3-2-8(15)6-11(9)16/h1-6H. The minimum Gasteiger partial charge on any atom is -0.288 e. The van der Waals surface area contributed by atoms with E-state index < -0.39 is 5.82 Å². The fourth-order valence-electron chi connectivity index (χ4n) is 1.49. The molecule has 0 bridgehead atoms. The van der Waals surface area contributed by atoms with E-state index in [4.69, 9.17) is 11.6 Å². The summed E-state index contributed by atoms with van der Waals surface area (Å²) in [7, 11) is 0. The number of benzene rings is 2. The summed E-state index contributed by atoms with van der Waals surface area (Å²) in [5.41, 5.74) is 0.488. The first kappa shape index (κ1) is 14.0. The molecule has 1 nitrogen and oxygen atoms in total. The predicted molar refractivity (Wildman–Crippen MR) is 81.7 cm³/mol. The minimum atomic E-state index is -0.608. The average Bonchev–Trinajstić information content (AvgIpc) is 2.31. The molecule has 2 aromatic carbocycles. The first-order chi connectivity index (χ1) is 8.49. The molecule has 0 fully saturated rings. The van der Waals surface area contributed by atoms with Crippen molar-refractivity contribution in [1.29, 1.82) is 0 Å². The number of carbonyl (C=O) groups excluding carboxylic acids is 1. The van der Waals surface area contributed by atoms with Gasteiger partial charge < -0.3 is 0 Å². The van der Waals surface area contributed by atoms with E-state index in [9.17, 15) is 9.18 Å². The van der Waals surface area contributed by atoms with Crippen molar-refractivity contribution in [3.63, 3.8) is 0 Å². The van der Waals surface area contributed by atoms with Gasteiger partial charge in [0.25, 0.3) is 0 Å². The van der Waals surface area contributed by atoms with Crippen molar-refractivity contribution in [3.05, 3.63) is 66.4 Å². The van der Waals surface area contributed by atoms with E-state index in [2.05, 4.69) is 15.9 Å². The van der Waals surface area contributed by atoms with Crippen molar-refractivity contribution in [1.82, 2.24) is 0 Å². The Hall–Kier alpha value is -0.460. The van der Waals surface area contributed by atoms with Crippen LogP contribution in [0, 0.1) is 9.39 Å². The zero-order valence-electron chi connectivity index (χ0n) is 8.88. The van der Waals surface area contributed by atoms with E-state index in [1.165, 1.54) is 12.1 Å². The molecule has 92 valence electrons. The van der Waals surface area contributed by atoms with Crippen molar-refractivity contribution in [2.75, 3.05) is 0 Å². The number of carbonyl (C=O) groups is 1. The van der Waals surface area contributed by atoms with Gasteiger partial charge in [-0.15, -0.1) is 0 Å². The Morgan fingerprint density at radius 1 is 1.17 bits per heavy atom. The Morgan fingerprint density at radius 3 is 2.56 bits per heavy atom. The van der Waals surface area contributed by atoms with Crippen LogP contribution < -0.4 is 0 Å². The van der Waals surface area contributed by atoms with Crippen molar-refractivity contribution < 1.29 is 9.18 Å². The Morgan fingerprint density at radius 2 is 1.89 bits per heavy atom. The summed E-state index contributed by atoms with van der Waals surface area (Å²) in [6.45, 7) is 0. The quantitative estimate of drug-likeness (QED) is 0.471. The first-order valence-corrected chi connectivity index (χ1v) is 7.19. The topological polar surface area (TPSA) is 17.1 Å². The Bertz CT molecular complexity index is 630. The lowest BCUT2D eigenvalue weighted by Gasteiger charge is -2.06. The zero-order chi connectivity index (χ0) is 13.3. The van der Waals surface area contributed by atoms with Crippen LogP contribution in [0.3, 0.4) is 0 Å². The molecule has 2 aromatic rings. The van der Waals surface area contributed by atoms with E-state index in [-0.39, 0.29) is 16.4 Å². The van der Waals surface area contributed by atoms with Gasteiger partial charge in [0.15, 0.2) is 5.78 Å². The van der Waals surface area contributed by atoms with Gasteiger partial charge in [0.2, 0.25) is 0 Å². The number of hydrogen-bond acceptors (Lipinski definition) is 1. The summed E-state index contributed by atoms with van der Waals surface area (Å²) in [6.07, 6.45) is 0. The van der Waals surface area contributed by atoms with Gasteiger partial charge >= 0.3 is 0 Å². The van der Waals surface area contributed by atoms with Crippen molar-refractivity contribution in [2.45, 2.75) is 0 Å². The molecule has 0 saturated carbocycles. The van der Waals surface area contributed by atoms with Crippen LogP contribution in [0.25, 0.3) is 0 Å². The van der Waals surface area contributed by atoms with Crippen LogP contribution in [0.4, 0.5) is 4.39 Å². The van der Waals surface area contributed by atoms with Gasteiger partial charge in [0, 0.05) is 18.6 Å². The molecule has 0 unspecified atom stereocenters. The van der Waals surface area contributed by atoms with E-state index in [1.54, 1.807) is 12.1 Å². The summed E-state index contributed by atoms with van der Waals surface area (Å²) in [6, 6.07) is 9.35. The maximum atomic E-state index is 13.7. The van der Waals surface area contributed by atoms with E-state index in [1.807, 2.05) is 28.7 Å². The summed E-state index contributed by atoms with van der Waals surface area (Å²) >= 11 is 11.0. The molecular formula is C13H6BrClFIO.